The summed E-state index contributed by atoms with van der Waals surface area (Å²) in [7, 11) is 0. The van der Waals surface area contributed by atoms with Crippen molar-refractivity contribution in [3.63, 3.8) is 0 Å². The van der Waals surface area contributed by atoms with Gasteiger partial charge in [-0.3, -0.25) is 4.79 Å². The van der Waals surface area contributed by atoms with Crippen LogP contribution in [0, 0.1) is 6.92 Å². The summed E-state index contributed by atoms with van der Waals surface area (Å²) >= 11 is 0. The molecule has 1 saturated heterocycles. The number of benzene rings is 1. The molecule has 2 rings (SSSR count). The molecule has 0 saturated carbocycles. The molecular weight excluding hydrogens is 178 g/mol. The first-order valence-electron chi connectivity index (χ1n) is 4.75. The second-order valence-corrected chi connectivity index (χ2v) is 3.72. The topological polar surface area (TPSA) is 49.3 Å². The Morgan fingerprint density at radius 1 is 1.50 bits per heavy atom. The molecule has 3 heteroatoms. The molecule has 1 atom stereocenters. The van der Waals surface area contributed by atoms with Crippen LogP contribution >= 0.6 is 0 Å². The van der Waals surface area contributed by atoms with Gasteiger partial charge >= 0.3 is 0 Å². The van der Waals surface area contributed by atoms with E-state index >= 15 is 0 Å². The van der Waals surface area contributed by atoms with E-state index in [1.54, 1.807) is 6.07 Å². The van der Waals surface area contributed by atoms with Gasteiger partial charge < -0.3 is 10.4 Å². The second-order valence-electron chi connectivity index (χ2n) is 3.72. The molecule has 74 valence electrons. The van der Waals surface area contributed by atoms with Crippen LogP contribution in [0.3, 0.4) is 0 Å². The first-order chi connectivity index (χ1) is 6.66. The Morgan fingerprint density at radius 2 is 2.29 bits per heavy atom. The van der Waals surface area contributed by atoms with Crippen LogP contribution in [0.2, 0.25) is 0 Å². The Kier molecular flexibility index (Phi) is 2.15. The third kappa shape index (κ3) is 1.58. The van der Waals surface area contributed by atoms with E-state index in [-0.39, 0.29) is 17.7 Å². The van der Waals surface area contributed by atoms with E-state index in [0.717, 1.165) is 17.5 Å². The standard InChI is InChI=1S/C11H13NO2/c1-7-2-4-10(13)8(6-7)9-3-5-11(14)12-9/h2,4,6,9,13H,3,5H2,1H3,(H,12,14)/t9-/m1/s1. The number of amides is 1. The number of phenols is 1. The molecule has 0 aliphatic carbocycles. The van der Waals surface area contributed by atoms with Gasteiger partial charge in [-0.05, 0) is 19.4 Å². The number of hydrogen-bond acceptors (Lipinski definition) is 2. The van der Waals surface area contributed by atoms with Crippen LogP contribution in [0.15, 0.2) is 18.2 Å². The number of phenolic OH excluding ortho intramolecular Hbond substituents is 1. The summed E-state index contributed by atoms with van der Waals surface area (Å²) < 4.78 is 0. The zero-order valence-electron chi connectivity index (χ0n) is 8.08. The highest BCUT2D eigenvalue weighted by molar-refractivity contribution is 5.79. The number of aryl methyl sites for hydroxylation is 1. The van der Waals surface area contributed by atoms with Crippen LogP contribution in [-0.2, 0) is 4.79 Å². The molecular formula is C11H13NO2. The Morgan fingerprint density at radius 3 is 2.93 bits per heavy atom. The molecule has 0 bridgehead atoms. The second kappa shape index (κ2) is 3.33. The average molecular weight is 191 g/mol. The molecule has 1 amide bonds. The maximum absolute atomic E-state index is 11.0. The largest absolute Gasteiger partial charge is 0.508 e. The molecule has 1 fully saturated rings. The number of hydrogen-bond donors (Lipinski definition) is 2. The third-order valence-electron chi connectivity index (χ3n) is 2.55. The van der Waals surface area contributed by atoms with Gasteiger partial charge in [0.2, 0.25) is 5.91 Å². The lowest BCUT2D eigenvalue weighted by molar-refractivity contribution is -0.119. The van der Waals surface area contributed by atoms with E-state index in [4.69, 9.17) is 0 Å². The average Bonchev–Trinajstić information content (AvgIpc) is 2.56. The molecule has 2 N–H and O–H groups in total. The van der Waals surface area contributed by atoms with Crippen molar-refractivity contribution in [2.75, 3.05) is 0 Å². The van der Waals surface area contributed by atoms with Crippen molar-refractivity contribution in [3.8, 4) is 5.75 Å². The number of aromatic hydroxyl groups is 1. The Labute approximate surface area is 82.8 Å². The van der Waals surface area contributed by atoms with Crippen LogP contribution in [0.1, 0.15) is 30.0 Å². The molecule has 14 heavy (non-hydrogen) atoms. The van der Waals surface area contributed by atoms with Crippen molar-refractivity contribution in [2.24, 2.45) is 0 Å². The van der Waals surface area contributed by atoms with Gasteiger partial charge in [-0.25, -0.2) is 0 Å². The van der Waals surface area contributed by atoms with Crippen LogP contribution in [-0.4, -0.2) is 11.0 Å². The summed E-state index contributed by atoms with van der Waals surface area (Å²) in [5.74, 6) is 0.332. The van der Waals surface area contributed by atoms with E-state index in [1.165, 1.54) is 0 Å². The lowest BCUT2D eigenvalue weighted by atomic mass is 10.0. The van der Waals surface area contributed by atoms with E-state index < -0.39 is 0 Å². The Hall–Kier alpha value is -1.51. The minimum Gasteiger partial charge on any atom is -0.508 e. The third-order valence-corrected chi connectivity index (χ3v) is 2.55. The van der Waals surface area contributed by atoms with Gasteiger partial charge in [0.05, 0.1) is 6.04 Å². The number of carbonyl (C=O) groups is 1. The molecule has 0 radical (unpaired) electrons. The summed E-state index contributed by atoms with van der Waals surface area (Å²) in [6, 6.07) is 5.44. The van der Waals surface area contributed by atoms with Crippen molar-refractivity contribution >= 4 is 5.91 Å². The number of rotatable bonds is 1. The van der Waals surface area contributed by atoms with Crippen molar-refractivity contribution in [3.05, 3.63) is 29.3 Å². The fourth-order valence-electron chi connectivity index (χ4n) is 1.80. The predicted molar refractivity (Wildman–Crippen MR) is 53.0 cm³/mol. The Bertz CT molecular complexity index is 374. The van der Waals surface area contributed by atoms with E-state index in [9.17, 15) is 9.90 Å². The molecule has 3 nitrogen and oxygen atoms in total. The van der Waals surface area contributed by atoms with Gasteiger partial charge in [-0.1, -0.05) is 17.7 Å². The minimum atomic E-state index is -0.0117. The molecule has 1 aromatic carbocycles. The Balaban J connectivity index is 2.31. The minimum absolute atomic E-state index is 0.0117. The van der Waals surface area contributed by atoms with Gasteiger partial charge in [0.25, 0.3) is 0 Å². The van der Waals surface area contributed by atoms with Gasteiger partial charge in [0, 0.05) is 12.0 Å². The van der Waals surface area contributed by atoms with Crippen LogP contribution in [0.4, 0.5) is 0 Å². The zero-order chi connectivity index (χ0) is 10.1. The van der Waals surface area contributed by atoms with Gasteiger partial charge in [-0.15, -0.1) is 0 Å². The highest BCUT2D eigenvalue weighted by atomic mass is 16.3. The highest BCUT2D eigenvalue weighted by Crippen LogP contribution is 2.30. The van der Waals surface area contributed by atoms with Crippen LogP contribution < -0.4 is 5.32 Å². The van der Waals surface area contributed by atoms with Gasteiger partial charge in [0.1, 0.15) is 5.75 Å². The van der Waals surface area contributed by atoms with Crippen LogP contribution in [0.25, 0.3) is 0 Å². The number of carbonyl (C=O) groups excluding carboxylic acids is 1. The molecule has 0 unspecified atom stereocenters. The SMILES string of the molecule is Cc1ccc(O)c([C@H]2CCC(=O)N2)c1. The summed E-state index contributed by atoms with van der Waals surface area (Å²) in [6.45, 7) is 1.97. The van der Waals surface area contributed by atoms with E-state index in [1.807, 2.05) is 19.1 Å². The van der Waals surface area contributed by atoms with Crippen molar-refractivity contribution in [1.82, 2.24) is 5.32 Å². The molecule has 0 aromatic heterocycles. The normalized spacial score (nSPS) is 20.9. The quantitative estimate of drug-likeness (QED) is 0.709. The summed E-state index contributed by atoms with van der Waals surface area (Å²) in [5.41, 5.74) is 1.93. The maximum atomic E-state index is 11.0. The summed E-state index contributed by atoms with van der Waals surface area (Å²) in [5, 5.41) is 12.5. The summed E-state index contributed by atoms with van der Waals surface area (Å²) in [6.07, 6.45) is 1.33. The van der Waals surface area contributed by atoms with Gasteiger partial charge in [0.15, 0.2) is 0 Å². The highest BCUT2D eigenvalue weighted by Gasteiger charge is 2.24. The molecule has 1 aromatic rings. The lowest BCUT2D eigenvalue weighted by Crippen LogP contribution is -2.18. The molecule has 1 aliphatic rings. The fourth-order valence-corrected chi connectivity index (χ4v) is 1.80. The lowest BCUT2D eigenvalue weighted by Gasteiger charge is -2.12. The van der Waals surface area contributed by atoms with Crippen LogP contribution in [0.5, 0.6) is 5.75 Å². The molecule has 1 heterocycles. The monoisotopic (exact) mass is 191 g/mol. The molecule has 1 aliphatic heterocycles. The van der Waals surface area contributed by atoms with Crippen molar-refractivity contribution in [2.45, 2.75) is 25.8 Å². The predicted octanol–water partition coefficient (Wildman–Crippen LogP) is 1.65. The zero-order valence-corrected chi connectivity index (χ0v) is 8.08. The smallest absolute Gasteiger partial charge is 0.220 e. The van der Waals surface area contributed by atoms with Crippen molar-refractivity contribution < 1.29 is 9.90 Å². The van der Waals surface area contributed by atoms with Crippen molar-refractivity contribution in [1.29, 1.82) is 0 Å². The van der Waals surface area contributed by atoms with Gasteiger partial charge in [-0.2, -0.15) is 0 Å². The number of nitrogens with one attached hydrogen (secondary N) is 1. The molecule has 0 spiro atoms. The first-order valence-corrected chi connectivity index (χ1v) is 4.75. The first kappa shape index (κ1) is 9.06. The maximum Gasteiger partial charge on any atom is 0.220 e. The summed E-state index contributed by atoms with van der Waals surface area (Å²) in [4.78, 5) is 11.0. The van der Waals surface area contributed by atoms with E-state index in [0.29, 0.717) is 6.42 Å². The van der Waals surface area contributed by atoms with E-state index in [2.05, 4.69) is 5.32 Å². The fraction of sp³-hybridized carbons (Fsp3) is 0.364.